The van der Waals surface area contributed by atoms with Gasteiger partial charge in [-0.3, -0.25) is 9.52 Å². The van der Waals surface area contributed by atoms with Gasteiger partial charge in [-0.2, -0.15) is 0 Å². The first-order chi connectivity index (χ1) is 16.2. The smallest absolute Gasteiger partial charge is 0.262 e. The summed E-state index contributed by atoms with van der Waals surface area (Å²) in [6.07, 6.45) is 2.01. The Bertz CT molecular complexity index is 1450. The zero-order valence-electron chi connectivity index (χ0n) is 18.8. The minimum atomic E-state index is -4.08. The van der Waals surface area contributed by atoms with Crippen LogP contribution in [0.4, 0.5) is 15.8 Å². The Hall–Kier alpha value is -3.69. The van der Waals surface area contributed by atoms with Gasteiger partial charge in [0.05, 0.1) is 10.6 Å². The molecule has 0 saturated heterocycles. The molecular weight excluding hydrogens is 455 g/mol. The van der Waals surface area contributed by atoms with Gasteiger partial charge < -0.3 is 14.8 Å². The summed E-state index contributed by atoms with van der Waals surface area (Å²) in [5, 5.41) is 3.80. The third kappa shape index (κ3) is 5.27. The molecule has 0 fully saturated rings. The van der Waals surface area contributed by atoms with Crippen LogP contribution in [-0.4, -0.2) is 44.4 Å². The number of hydrogen-bond donors (Lipinski definition) is 2. The van der Waals surface area contributed by atoms with Crippen molar-refractivity contribution in [3.8, 4) is 0 Å². The monoisotopic (exact) mass is 480 g/mol. The summed E-state index contributed by atoms with van der Waals surface area (Å²) in [4.78, 5) is 14.8. The van der Waals surface area contributed by atoms with Crippen LogP contribution in [0.1, 0.15) is 10.4 Å². The third-order valence-corrected chi connectivity index (χ3v) is 6.70. The zero-order chi connectivity index (χ0) is 24.3. The number of benzene rings is 3. The lowest BCUT2D eigenvalue weighted by molar-refractivity contribution is 0.102. The molecule has 34 heavy (non-hydrogen) atoms. The maximum atomic E-state index is 13.9. The lowest BCUT2D eigenvalue weighted by Crippen LogP contribution is -2.18. The molecule has 1 aromatic heterocycles. The lowest BCUT2D eigenvalue weighted by Gasteiger charge is -2.12. The molecule has 0 bridgehead atoms. The first-order valence-corrected chi connectivity index (χ1v) is 12.1. The van der Waals surface area contributed by atoms with Crippen molar-refractivity contribution in [2.24, 2.45) is 0 Å². The number of nitrogens with zero attached hydrogens (tertiary/aromatic N) is 2. The topological polar surface area (TPSA) is 83.4 Å². The molecule has 0 aliphatic carbocycles. The Balaban J connectivity index is 1.51. The van der Waals surface area contributed by atoms with E-state index in [1.807, 2.05) is 44.6 Å². The van der Waals surface area contributed by atoms with Gasteiger partial charge in [0.15, 0.2) is 0 Å². The molecule has 2 N–H and O–H groups in total. The fourth-order valence-corrected chi connectivity index (χ4v) is 4.65. The number of nitrogens with one attached hydrogen (secondary N) is 2. The number of fused-ring (bicyclic) bond motifs is 1. The van der Waals surface area contributed by atoms with Gasteiger partial charge in [-0.1, -0.05) is 18.2 Å². The first-order valence-electron chi connectivity index (χ1n) is 10.7. The van der Waals surface area contributed by atoms with Crippen LogP contribution >= 0.6 is 0 Å². The van der Waals surface area contributed by atoms with Crippen LogP contribution in [0, 0.1) is 5.82 Å². The minimum Gasteiger partial charge on any atom is -0.346 e. The van der Waals surface area contributed by atoms with Crippen molar-refractivity contribution >= 4 is 38.2 Å². The number of amides is 1. The Morgan fingerprint density at radius 1 is 1.00 bits per heavy atom. The van der Waals surface area contributed by atoms with Gasteiger partial charge in [0.25, 0.3) is 15.9 Å². The van der Waals surface area contributed by atoms with E-state index in [4.69, 9.17) is 0 Å². The van der Waals surface area contributed by atoms with E-state index >= 15 is 0 Å². The van der Waals surface area contributed by atoms with Gasteiger partial charge in [0.2, 0.25) is 0 Å². The lowest BCUT2D eigenvalue weighted by atomic mass is 10.2. The normalized spacial score (nSPS) is 11.6. The van der Waals surface area contributed by atoms with Crippen LogP contribution in [0.15, 0.2) is 83.9 Å². The number of aromatic nitrogens is 1. The Kier molecular flexibility index (Phi) is 6.67. The molecule has 7 nitrogen and oxygen atoms in total. The molecule has 4 rings (SSSR count). The van der Waals surface area contributed by atoms with E-state index in [9.17, 15) is 17.6 Å². The predicted octanol–water partition coefficient (Wildman–Crippen LogP) is 4.40. The third-order valence-electron chi connectivity index (χ3n) is 5.34. The van der Waals surface area contributed by atoms with Gasteiger partial charge in [-0.25, -0.2) is 12.8 Å². The number of anilines is 2. The summed E-state index contributed by atoms with van der Waals surface area (Å²) in [7, 11) is -0.0319. The quantitative estimate of drug-likeness (QED) is 0.392. The summed E-state index contributed by atoms with van der Waals surface area (Å²) >= 11 is 0. The highest BCUT2D eigenvalue weighted by Gasteiger charge is 2.18. The molecule has 0 saturated carbocycles. The minimum absolute atomic E-state index is 0.142. The average molecular weight is 481 g/mol. The molecule has 1 amide bonds. The van der Waals surface area contributed by atoms with Crippen LogP contribution in [0.3, 0.4) is 0 Å². The van der Waals surface area contributed by atoms with Gasteiger partial charge in [0, 0.05) is 41.4 Å². The van der Waals surface area contributed by atoms with Crippen molar-refractivity contribution in [2.75, 3.05) is 30.7 Å². The maximum Gasteiger partial charge on any atom is 0.262 e. The van der Waals surface area contributed by atoms with Crippen LogP contribution in [0.2, 0.25) is 0 Å². The number of sulfonamides is 1. The molecule has 0 atom stereocenters. The summed E-state index contributed by atoms with van der Waals surface area (Å²) in [5.74, 6) is -1.14. The van der Waals surface area contributed by atoms with Crippen molar-refractivity contribution in [2.45, 2.75) is 11.4 Å². The highest BCUT2D eigenvalue weighted by molar-refractivity contribution is 7.92. The van der Waals surface area contributed by atoms with Crippen molar-refractivity contribution in [3.05, 3.63) is 90.4 Å². The van der Waals surface area contributed by atoms with Gasteiger partial charge in [-0.05, 0) is 68.7 Å². The van der Waals surface area contributed by atoms with Crippen LogP contribution < -0.4 is 10.0 Å². The van der Waals surface area contributed by atoms with E-state index in [-0.39, 0.29) is 16.1 Å². The molecule has 0 unspecified atom stereocenters. The second-order valence-corrected chi connectivity index (χ2v) is 9.84. The van der Waals surface area contributed by atoms with Crippen molar-refractivity contribution in [1.29, 1.82) is 0 Å². The molecular formula is C25H25FN4O3S. The molecule has 1 heterocycles. The van der Waals surface area contributed by atoms with Gasteiger partial charge in [0.1, 0.15) is 5.82 Å². The predicted molar refractivity (Wildman–Crippen MR) is 132 cm³/mol. The van der Waals surface area contributed by atoms with Crippen LogP contribution in [-0.2, 0) is 16.6 Å². The largest absolute Gasteiger partial charge is 0.346 e. The number of carbonyl (C=O) groups is 1. The highest BCUT2D eigenvalue weighted by atomic mass is 32.2. The van der Waals surface area contributed by atoms with Crippen LogP contribution in [0.5, 0.6) is 0 Å². The summed E-state index contributed by atoms with van der Waals surface area (Å²) in [6.45, 7) is 1.76. The Morgan fingerprint density at radius 3 is 2.56 bits per heavy atom. The van der Waals surface area contributed by atoms with E-state index in [0.717, 1.165) is 30.1 Å². The Labute approximate surface area is 197 Å². The van der Waals surface area contributed by atoms with Crippen LogP contribution in [0.25, 0.3) is 10.9 Å². The molecule has 0 radical (unpaired) electrons. The van der Waals surface area contributed by atoms with E-state index in [2.05, 4.69) is 19.5 Å². The second-order valence-electron chi connectivity index (χ2n) is 8.15. The summed E-state index contributed by atoms with van der Waals surface area (Å²) in [6, 6.07) is 18.7. The fraction of sp³-hybridized carbons (Fsp3) is 0.160. The van der Waals surface area contributed by atoms with Crippen molar-refractivity contribution in [1.82, 2.24) is 9.47 Å². The molecule has 176 valence electrons. The van der Waals surface area contributed by atoms with E-state index in [0.29, 0.717) is 5.69 Å². The number of hydrogen-bond acceptors (Lipinski definition) is 4. The highest BCUT2D eigenvalue weighted by Crippen LogP contribution is 2.23. The molecule has 0 aliphatic heterocycles. The number of carbonyl (C=O) groups excluding carboxylic acids is 1. The maximum absolute atomic E-state index is 13.9. The van der Waals surface area contributed by atoms with Gasteiger partial charge >= 0.3 is 0 Å². The van der Waals surface area contributed by atoms with Crippen molar-refractivity contribution < 1.29 is 17.6 Å². The van der Waals surface area contributed by atoms with Gasteiger partial charge in [-0.15, -0.1) is 0 Å². The summed E-state index contributed by atoms with van der Waals surface area (Å²) < 4.78 is 43.7. The number of rotatable bonds is 8. The second kappa shape index (κ2) is 9.66. The number of para-hydroxylation sites is 1. The molecule has 0 aliphatic rings. The standard InChI is InChI=1S/C25H25FN4O3S/c1-29(2)14-15-30-13-12-18-16-20(10-11-24(18)30)27-25(31)19-6-5-7-21(17-19)34(32,33)28-23-9-4-3-8-22(23)26/h3-13,16-17,28H,14-15H2,1-2H3,(H,27,31). The molecule has 3 aromatic carbocycles. The van der Waals surface area contributed by atoms with Crippen molar-refractivity contribution in [3.63, 3.8) is 0 Å². The SMILES string of the molecule is CN(C)CCn1ccc2cc(NC(=O)c3cccc(S(=O)(=O)Nc4ccccc4F)c3)ccc21. The number of likely N-dealkylation sites (N-methyl/N-ethyl adjacent to an activating group) is 1. The number of halogens is 1. The van der Waals surface area contributed by atoms with E-state index in [1.165, 1.54) is 42.5 Å². The Morgan fingerprint density at radius 2 is 1.79 bits per heavy atom. The molecule has 9 heteroatoms. The molecule has 4 aromatic rings. The molecule has 0 spiro atoms. The average Bonchev–Trinajstić information content (AvgIpc) is 3.21. The zero-order valence-corrected chi connectivity index (χ0v) is 19.6. The van der Waals surface area contributed by atoms with E-state index < -0.39 is 21.7 Å². The fourth-order valence-electron chi connectivity index (χ4n) is 3.54. The van der Waals surface area contributed by atoms with E-state index in [1.54, 1.807) is 0 Å². The first kappa shape index (κ1) is 23.5. The summed E-state index contributed by atoms with van der Waals surface area (Å²) in [5.41, 5.74) is 1.66.